The lowest BCUT2D eigenvalue weighted by Crippen LogP contribution is -2.56. The molecule has 2 aliphatic rings. The van der Waals surface area contributed by atoms with Gasteiger partial charge in [-0.1, -0.05) is 36.2 Å². The van der Waals surface area contributed by atoms with Crippen LogP contribution < -0.4 is 0 Å². The Morgan fingerprint density at radius 3 is 2.71 bits per heavy atom. The van der Waals surface area contributed by atoms with Crippen molar-refractivity contribution >= 4 is 0 Å². The van der Waals surface area contributed by atoms with E-state index >= 15 is 0 Å². The van der Waals surface area contributed by atoms with Crippen molar-refractivity contribution in [2.45, 2.75) is 50.4 Å². The Balaban J connectivity index is 2.00. The molecule has 21 heavy (non-hydrogen) atoms. The van der Waals surface area contributed by atoms with Crippen LogP contribution >= 0.6 is 0 Å². The minimum Gasteiger partial charge on any atom is -0.365 e. The minimum absolute atomic E-state index is 0.0153. The molecule has 114 valence electrons. The second-order valence-corrected chi connectivity index (χ2v) is 6.30. The highest BCUT2D eigenvalue weighted by Gasteiger charge is 2.55. The van der Waals surface area contributed by atoms with Crippen LogP contribution in [0.4, 0.5) is 0 Å². The molecule has 3 rings (SSSR count). The van der Waals surface area contributed by atoms with Crippen LogP contribution in [0.5, 0.6) is 0 Å². The van der Waals surface area contributed by atoms with Crippen LogP contribution in [-0.4, -0.2) is 28.5 Å². The predicted octanol–water partition coefficient (Wildman–Crippen LogP) is 2.63. The molecule has 1 saturated heterocycles. The fraction of sp³-hybridized carbons (Fsp3) is 0.625. The molecule has 0 bridgehead atoms. The van der Waals surface area contributed by atoms with Crippen molar-refractivity contribution in [1.82, 2.24) is 0 Å². The molecule has 0 amide bonds. The first kappa shape index (κ1) is 14.5. The minimum atomic E-state index is -1.19. The number of rotatable bonds is 2. The monoisotopic (exact) mass is 291 g/mol. The van der Waals surface area contributed by atoms with Crippen LogP contribution in [0.1, 0.15) is 42.7 Å². The lowest BCUT2D eigenvalue weighted by molar-refractivity contribution is -0.548. The van der Waals surface area contributed by atoms with Crippen molar-refractivity contribution in [2.75, 3.05) is 6.61 Å². The predicted molar refractivity (Wildman–Crippen MR) is 77.6 cm³/mol. The first-order valence-electron chi connectivity index (χ1n) is 7.58. The summed E-state index contributed by atoms with van der Waals surface area (Å²) in [5.41, 5.74) is 2.07. The molecule has 1 aliphatic heterocycles. The van der Waals surface area contributed by atoms with Gasteiger partial charge in [0.25, 0.3) is 0 Å². The third kappa shape index (κ3) is 2.56. The van der Waals surface area contributed by atoms with Crippen LogP contribution in [-0.2, 0) is 4.74 Å². The highest BCUT2D eigenvalue weighted by atomic mass is 16.7. The van der Waals surface area contributed by atoms with Crippen LogP contribution in [0.2, 0.25) is 0 Å². The van der Waals surface area contributed by atoms with E-state index < -0.39 is 11.8 Å². The van der Waals surface area contributed by atoms with Gasteiger partial charge in [-0.15, -0.1) is 0 Å². The molecular formula is C16H21NO4. The van der Waals surface area contributed by atoms with Gasteiger partial charge in [0.1, 0.15) is 6.61 Å². The topological polar surface area (TPSA) is 72.6 Å². The van der Waals surface area contributed by atoms with Gasteiger partial charge in [0.15, 0.2) is 5.79 Å². The molecule has 2 fully saturated rings. The Bertz CT molecular complexity index is 530. The van der Waals surface area contributed by atoms with Crippen molar-refractivity contribution in [3.8, 4) is 0 Å². The first-order valence-corrected chi connectivity index (χ1v) is 7.58. The quantitative estimate of drug-likeness (QED) is 0.671. The van der Waals surface area contributed by atoms with E-state index in [9.17, 15) is 15.2 Å². The largest absolute Gasteiger partial charge is 0.365 e. The van der Waals surface area contributed by atoms with Gasteiger partial charge in [-0.3, -0.25) is 10.1 Å². The van der Waals surface area contributed by atoms with Gasteiger partial charge < -0.3 is 9.84 Å². The Labute approximate surface area is 124 Å². The van der Waals surface area contributed by atoms with E-state index in [4.69, 9.17) is 4.74 Å². The lowest BCUT2D eigenvalue weighted by Gasteiger charge is -2.47. The molecule has 0 aromatic heterocycles. The highest BCUT2D eigenvalue weighted by Crippen LogP contribution is 2.48. The molecule has 5 heteroatoms. The van der Waals surface area contributed by atoms with Gasteiger partial charge >= 0.3 is 0 Å². The summed E-state index contributed by atoms with van der Waals surface area (Å²) in [6, 6.07) is 7.08. The summed E-state index contributed by atoms with van der Waals surface area (Å²) in [6.07, 6.45) is 3.25. The Kier molecular flexibility index (Phi) is 3.71. The van der Waals surface area contributed by atoms with E-state index in [0.29, 0.717) is 6.42 Å². The normalized spacial score (nSPS) is 36.0. The van der Waals surface area contributed by atoms with E-state index in [1.807, 2.05) is 31.2 Å². The van der Waals surface area contributed by atoms with Gasteiger partial charge in [0.2, 0.25) is 6.04 Å². The van der Waals surface area contributed by atoms with Crippen molar-refractivity contribution in [3.63, 3.8) is 0 Å². The number of aliphatic hydroxyl groups is 1. The van der Waals surface area contributed by atoms with Crippen molar-refractivity contribution in [1.29, 1.82) is 0 Å². The average Bonchev–Trinajstić information content (AvgIpc) is 2.46. The Morgan fingerprint density at radius 2 is 2.05 bits per heavy atom. The lowest BCUT2D eigenvalue weighted by atomic mass is 9.68. The molecule has 1 aromatic carbocycles. The third-order valence-electron chi connectivity index (χ3n) is 4.96. The number of fused-ring (bicyclic) bond motifs is 1. The van der Waals surface area contributed by atoms with Crippen LogP contribution in [0.25, 0.3) is 0 Å². The third-order valence-corrected chi connectivity index (χ3v) is 4.96. The summed E-state index contributed by atoms with van der Waals surface area (Å²) in [6.45, 7) is 1.98. The fourth-order valence-corrected chi connectivity index (χ4v) is 3.83. The van der Waals surface area contributed by atoms with Gasteiger partial charge in [-0.25, -0.2) is 0 Å². The molecule has 0 radical (unpaired) electrons. The standard InChI is InChI=1S/C16H21NO4/c1-11-5-7-12(8-6-11)15-13-4-2-3-9-16(13,18)21-10-14(15)17(19)20/h5-8,13-15,18H,2-4,9-10H2,1H3/t13-,14-,15-,16+/m1/s1. The van der Waals surface area contributed by atoms with Gasteiger partial charge in [0.05, 0.1) is 5.92 Å². The molecule has 1 aliphatic carbocycles. The van der Waals surface area contributed by atoms with Crippen molar-refractivity contribution in [3.05, 3.63) is 45.5 Å². The van der Waals surface area contributed by atoms with Gasteiger partial charge in [-0.2, -0.15) is 0 Å². The SMILES string of the molecule is Cc1ccc([C@H]2[C@H]([N+](=O)[O-])CO[C@@]3(O)CCCC[C@H]23)cc1. The zero-order valence-corrected chi connectivity index (χ0v) is 12.2. The molecule has 0 spiro atoms. The van der Waals surface area contributed by atoms with E-state index in [-0.39, 0.29) is 23.4 Å². The van der Waals surface area contributed by atoms with Gasteiger partial charge in [-0.05, 0) is 25.3 Å². The summed E-state index contributed by atoms with van der Waals surface area (Å²) in [7, 11) is 0. The second-order valence-electron chi connectivity index (χ2n) is 6.30. The number of nitro groups is 1. The smallest absolute Gasteiger partial charge is 0.243 e. The molecular weight excluding hydrogens is 270 g/mol. The Hall–Kier alpha value is -1.46. The van der Waals surface area contributed by atoms with Crippen LogP contribution in [0.3, 0.4) is 0 Å². The van der Waals surface area contributed by atoms with E-state index in [0.717, 1.165) is 30.4 Å². The number of hydrogen-bond acceptors (Lipinski definition) is 4. The van der Waals surface area contributed by atoms with Gasteiger partial charge in [0, 0.05) is 17.3 Å². The second kappa shape index (κ2) is 5.39. The molecule has 0 unspecified atom stereocenters. The van der Waals surface area contributed by atoms with Crippen LogP contribution in [0.15, 0.2) is 24.3 Å². The fourth-order valence-electron chi connectivity index (χ4n) is 3.83. The summed E-state index contributed by atoms with van der Waals surface area (Å²) in [4.78, 5) is 11.2. The summed E-state index contributed by atoms with van der Waals surface area (Å²) >= 11 is 0. The molecule has 1 heterocycles. The maximum atomic E-state index is 11.4. The summed E-state index contributed by atoms with van der Waals surface area (Å²) in [5.74, 6) is -1.67. The summed E-state index contributed by atoms with van der Waals surface area (Å²) in [5, 5.41) is 22.2. The number of benzene rings is 1. The van der Waals surface area contributed by atoms with E-state index in [2.05, 4.69) is 0 Å². The van der Waals surface area contributed by atoms with Crippen molar-refractivity contribution in [2.24, 2.45) is 5.92 Å². The van der Waals surface area contributed by atoms with Crippen molar-refractivity contribution < 1.29 is 14.8 Å². The Morgan fingerprint density at radius 1 is 1.33 bits per heavy atom. The molecule has 4 atom stereocenters. The highest BCUT2D eigenvalue weighted by molar-refractivity contribution is 5.27. The number of hydrogen-bond donors (Lipinski definition) is 1. The molecule has 1 aromatic rings. The van der Waals surface area contributed by atoms with E-state index in [1.54, 1.807) is 0 Å². The maximum absolute atomic E-state index is 11.4. The molecule has 5 nitrogen and oxygen atoms in total. The maximum Gasteiger partial charge on any atom is 0.243 e. The number of ether oxygens (including phenoxy) is 1. The summed E-state index contributed by atoms with van der Waals surface area (Å²) < 4.78 is 5.53. The number of aryl methyl sites for hydroxylation is 1. The molecule has 1 saturated carbocycles. The molecule has 1 N–H and O–H groups in total. The zero-order chi connectivity index (χ0) is 15.0. The zero-order valence-electron chi connectivity index (χ0n) is 12.2. The number of nitrogens with zero attached hydrogens (tertiary/aromatic N) is 1. The van der Waals surface area contributed by atoms with Crippen LogP contribution in [0, 0.1) is 23.0 Å². The van der Waals surface area contributed by atoms with E-state index in [1.165, 1.54) is 0 Å². The average molecular weight is 291 g/mol. The first-order chi connectivity index (χ1) is 10.0.